The highest BCUT2D eigenvalue weighted by molar-refractivity contribution is 7.13. The Labute approximate surface area is 164 Å². The zero-order chi connectivity index (χ0) is 20.4. The Morgan fingerprint density at radius 1 is 1.32 bits per heavy atom. The SMILES string of the molecule is CO/N=C(\C(=O)N1C[C@@H]2C[C@H]1CN2C(=O)C1C(C)(C)C1(F)F)c1csc(N)n1. The molecule has 1 aromatic rings. The molecule has 0 spiro atoms. The molecule has 1 aromatic heterocycles. The number of thiazole rings is 1. The fourth-order valence-electron chi connectivity index (χ4n) is 4.29. The lowest BCUT2D eigenvalue weighted by Crippen LogP contribution is -2.53. The number of hydrogen-bond acceptors (Lipinski definition) is 7. The van der Waals surface area contributed by atoms with Crippen molar-refractivity contribution in [3.63, 3.8) is 0 Å². The van der Waals surface area contributed by atoms with Crippen molar-refractivity contribution < 1.29 is 23.2 Å². The molecule has 3 aliphatic rings. The Morgan fingerprint density at radius 3 is 2.39 bits per heavy atom. The maximum atomic E-state index is 13.9. The van der Waals surface area contributed by atoms with Crippen molar-refractivity contribution >= 4 is 34.0 Å². The van der Waals surface area contributed by atoms with Crippen LogP contribution in [0.4, 0.5) is 13.9 Å². The normalized spacial score (nSPS) is 29.9. The number of carbonyl (C=O) groups excluding carboxylic acids is 2. The number of likely N-dealkylation sites (tertiary alicyclic amines) is 2. The number of carbonyl (C=O) groups is 2. The van der Waals surface area contributed by atoms with E-state index in [9.17, 15) is 18.4 Å². The molecule has 1 aliphatic carbocycles. The summed E-state index contributed by atoms with van der Waals surface area (Å²) in [7, 11) is 1.33. The lowest BCUT2D eigenvalue weighted by Gasteiger charge is -2.34. The van der Waals surface area contributed by atoms with Crippen LogP contribution in [0.25, 0.3) is 0 Å². The lowest BCUT2D eigenvalue weighted by molar-refractivity contribution is -0.140. The van der Waals surface area contributed by atoms with Crippen LogP contribution in [0.2, 0.25) is 0 Å². The Bertz CT molecular complexity index is 857. The summed E-state index contributed by atoms with van der Waals surface area (Å²) in [5.74, 6) is -5.16. The molecule has 3 heterocycles. The monoisotopic (exact) mass is 413 g/mol. The number of rotatable bonds is 4. The summed E-state index contributed by atoms with van der Waals surface area (Å²) in [5, 5.41) is 5.72. The molecule has 2 saturated heterocycles. The van der Waals surface area contributed by atoms with Crippen molar-refractivity contribution in [3.05, 3.63) is 11.1 Å². The van der Waals surface area contributed by atoms with E-state index in [1.54, 1.807) is 10.3 Å². The van der Waals surface area contributed by atoms with E-state index < -0.39 is 23.2 Å². The van der Waals surface area contributed by atoms with Crippen LogP contribution < -0.4 is 5.73 Å². The average Bonchev–Trinajstić information content (AvgIpc) is 3.18. The second-order valence-corrected chi connectivity index (χ2v) is 8.85. The molecule has 1 saturated carbocycles. The van der Waals surface area contributed by atoms with Gasteiger partial charge in [-0.05, 0) is 6.42 Å². The van der Waals surface area contributed by atoms with Crippen LogP contribution >= 0.6 is 11.3 Å². The third kappa shape index (κ3) is 2.59. The summed E-state index contributed by atoms with van der Waals surface area (Å²) >= 11 is 1.18. The molecule has 8 nitrogen and oxygen atoms in total. The lowest BCUT2D eigenvalue weighted by atomic mass is 10.1. The molecule has 3 atom stereocenters. The fourth-order valence-corrected chi connectivity index (χ4v) is 4.84. The number of fused-ring (bicyclic) bond motifs is 2. The first kappa shape index (κ1) is 19.0. The first-order valence-corrected chi connectivity index (χ1v) is 9.79. The molecule has 28 heavy (non-hydrogen) atoms. The maximum Gasteiger partial charge on any atom is 0.278 e. The molecule has 2 bridgehead atoms. The van der Waals surface area contributed by atoms with E-state index in [2.05, 4.69) is 10.1 Å². The van der Waals surface area contributed by atoms with Gasteiger partial charge >= 0.3 is 0 Å². The van der Waals surface area contributed by atoms with E-state index in [-0.39, 0.29) is 36.8 Å². The third-order valence-corrected chi connectivity index (χ3v) is 6.72. The minimum Gasteiger partial charge on any atom is -0.398 e. The van der Waals surface area contributed by atoms with Gasteiger partial charge in [-0.25, -0.2) is 13.8 Å². The number of nitrogen functional groups attached to an aromatic ring is 1. The van der Waals surface area contributed by atoms with Gasteiger partial charge in [0.2, 0.25) is 5.91 Å². The van der Waals surface area contributed by atoms with Crippen molar-refractivity contribution in [2.45, 2.75) is 38.3 Å². The van der Waals surface area contributed by atoms with E-state index in [1.165, 1.54) is 37.2 Å². The van der Waals surface area contributed by atoms with Gasteiger partial charge in [0.15, 0.2) is 10.8 Å². The van der Waals surface area contributed by atoms with Gasteiger partial charge in [-0.3, -0.25) is 9.59 Å². The summed E-state index contributed by atoms with van der Waals surface area (Å²) in [6.45, 7) is 3.34. The first-order chi connectivity index (χ1) is 13.1. The number of hydrogen-bond donors (Lipinski definition) is 1. The smallest absolute Gasteiger partial charge is 0.278 e. The highest BCUT2D eigenvalue weighted by Crippen LogP contribution is 2.66. The van der Waals surface area contributed by atoms with Crippen molar-refractivity contribution in [1.82, 2.24) is 14.8 Å². The van der Waals surface area contributed by atoms with Gasteiger partial charge in [-0.1, -0.05) is 19.0 Å². The molecule has 4 rings (SSSR count). The van der Waals surface area contributed by atoms with Crippen LogP contribution in [0, 0.1) is 11.3 Å². The number of nitrogens with zero attached hydrogens (tertiary/aromatic N) is 4. The van der Waals surface area contributed by atoms with E-state index in [0.29, 0.717) is 17.2 Å². The predicted octanol–water partition coefficient (Wildman–Crippen LogP) is 1.18. The van der Waals surface area contributed by atoms with E-state index in [4.69, 9.17) is 10.6 Å². The van der Waals surface area contributed by atoms with Gasteiger partial charge in [0, 0.05) is 23.9 Å². The van der Waals surface area contributed by atoms with Gasteiger partial charge in [0.1, 0.15) is 18.7 Å². The molecular weight excluding hydrogens is 392 g/mol. The number of oxime groups is 1. The van der Waals surface area contributed by atoms with Gasteiger partial charge < -0.3 is 20.4 Å². The molecule has 152 valence electrons. The minimum absolute atomic E-state index is 0.0377. The van der Waals surface area contributed by atoms with Crippen LogP contribution in [-0.2, 0) is 14.4 Å². The number of anilines is 1. The first-order valence-electron chi connectivity index (χ1n) is 8.91. The summed E-state index contributed by atoms with van der Waals surface area (Å²) in [5.41, 5.74) is 4.68. The quantitative estimate of drug-likeness (QED) is 0.590. The second-order valence-electron chi connectivity index (χ2n) is 7.96. The molecule has 2 N–H and O–H groups in total. The van der Waals surface area contributed by atoms with Crippen LogP contribution in [0.5, 0.6) is 0 Å². The molecule has 1 unspecified atom stereocenters. The van der Waals surface area contributed by atoms with Crippen LogP contribution in [-0.4, -0.2) is 70.5 Å². The molecular formula is C17H21F2N5O3S. The summed E-state index contributed by atoms with van der Waals surface area (Å²) in [4.78, 5) is 37.6. The highest BCUT2D eigenvalue weighted by Gasteiger charge is 2.79. The van der Waals surface area contributed by atoms with Crippen molar-refractivity contribution in [1.29, 1.82) is 0 Å². The van der Waals surface area contributed by atoms with Gasteiger partial charge in [0.25, 0.3) is 11.8 Å². The number of piperazine rings is 1. The van der Waals surface area contributed by atoms with E-state index >= 15 is 0 Å². The summed E-state index contributed by atoms with van der Waals surface area (Å²) < 4.78 is 27.9. The third-order valence-electron chi connectivity index (χ3n) is 6.04. The molecule has 0 radical (unpaired) electrons. The molecule has 0 aromatic carbocycles. The zero-order valence-electron chi connectivity index (χ0n) is 15.7. The van der Waals surface area contributed by atoms with Crippen LogP contribution in [0.1, 0.15) is 26.0 Å². The van der Waals surface area contributed by atoms with Crippen LogP contribution in [0.3, 0.4) is 0 Å². The Kier molecular flexibility index (Phi) is 4.15. The summed E-state index contributed by atoms with van der Waals surface area (Å²) in [6.07, 6.45) is 0.565. The van der Waals surface area contributed by atoms with Gasteiger partial charge in [-0.15, -0.1) is 11.3 Å². The number of halogens is 2. The number of nitrogens with two attached hydrogens (primary N) is 1. The topological polar surface area (TPSA) is 101 Å². The molecule has 11 heteroatoms. The predicted molar refractivity (Wildman–Crippen MR) is 97.9 cm³/mol. The van der Waals surface area contributed by atoms with Gasteiger partial charge in [-0.2, -0.15) is 0 Å². The largest absolute Gasteiger partial charge is 0.398 e. The Balaban J connectivity index is 1.47. The zero-order valence-corrected chi connectivity index (χ0v) is 16.5. The molecule has 2 amide bonds. The van der Waals surface area contributed by atoms with Crippen molar-refractivity contribution in [2.24, 2.45) is 16.5 Å². The van der Waals surface area contributed by atoms with E-state index in [1.807, 2.05) is 0 Å². The fraction of sp³-hybridized carbons (Fsp3) is 0.647. The standard InChI is InChI=1S/C17H21F2N5O3S/c1-16(2)12(17(16,18)19)14(26)24-6-8-4-9(24)5-23(8)13(25)11(22-27-3)10-7-28-15(20)21-10/h7-9,12H,4-6H2,1-3H3,(H2,20,21)/b22-11-/t8-,9-,12?/m0/s1. The number of aromatic nitrogens is 1. The second kappa shape index (κ2) is 6.10. The Hall–Kier alpha value is -2.30. The van der Waals surface area contributed by atoms with Crippen LogP contribution in [0.15, 0.2) is 10.5 Å². The molecule has 3 fully saturated rings. The highest BCUT2D eigenvalue weighted by atomic mass is 32.1. The minimum atomic E-state index is -2.98. The average molecular weight is 413 g/mol. The molecule has 2 aliphatic heterocycles. The number of amides is 2. The van der Waals surface area contributed by atoms with Crippen molar-refractivity contribution in [2.75, 3.05) is 25.9 Å². The Morgan fingerprint density at radius 2 is 1.93 bits per heavy atom. The number of alkyl halides is 2. The maximum absolute atomic E-state index is 13.9. The summed E-state index contributed by atoms with van der Waals surface area (Å²) in [6, 6.07) is -0.507. The van der Waals surface area contributed by atoms with E-state index in [0.717, 1.165) is 0 Å². The van der Waals surface area contributed by atoms with Gasteiger partial charge in [0.05, 0.1) is 12.1 Å². The van der Waals surface area contributed by atoms with Crippen molar-refractivity contribution in [3.8, 4) is 0 Å².